The summed E-state index contributed by atoms with van der Waals surface area (Å²) in [5.74, 6) is 0.153. The number of para-hydroxylation sites is 1. The van der Waals surface area contributed by atoms with E-state index in [9.17, 15) is 18.0 Å². The molecule has 1 aromatic carbocycles. The Morgan fingerprint density at radius 1 is 1.10 bits per heavy atom. The number of pyridine rings is 1. The van der Waals surface area contributed by atoms with E-state index in [1.165, 1.54) is 6.07 Å². The molecule has 5 nitrogen and oxygen atoms in total. The molecule has 2 heterocycles. The van der Waals surface area contributed by atoms with E-state index < -0.39 is 11.7 Å². The summed E-state index contributed by atoms with van der Waals surface area (Å²) in [4.78, 5) is 16.2. The van der Waals surface area contributed by atoms with Crippen molar-refractivity contribution in [1.29, 1.82) is 0 Å². The first-order chi connectivity index (χ1) is 14.4. The molecule has 0 spiro atoms. The Morgan fingerprint density at radius 2 is 1.87 bits per heavy atom. The number of fused-ring (bicyclic) bond motifs is 1. The van der Waals surface area contributed by atoms with Gasteiger partial charge in [-0.15, -0.1) is 0 Å². The van der Waals surface area contributed by atoms with E-state index in [-0.39, 0.29) is 30.5 Å². The van der Waals surface area contributed by atoms with Gasteiger partial charge in [0.25, 0.3) is 0 Å². The first kappa shape index (κ1) is 20.3. The van der Waals surface area contributed by atoms with Crippen LogP contribution in [0, 0.1) is 0 Å². The smallest absolute Gasteiger partial charge is 0.417 e. The Hall–Kier alpha value is -3.03. The topological polar surface area (TPSA) is 56.2 Å². The van der Waals surface area contributed by atoms with Crippen LogP contribution in [0.1, 0.15) is 31.2 Å². The first-order valence-corrected chi connectivity index (χ1v) is 9.91. The van der Waals surface area contributed by atoms with Gasteiger partial charge < -0.3 is 14.6 Å². The van der Waals surface area contributed by atoms with Crippen molar-refractivity contribution in [3.63, 3.8) is 0 Å². The number of rotatable bonds is 5. The molecule has 1 fully saturated rings. The van der Waals surface area contributed by atoms with E-state index in [0.717, 1.165) is 36.0 Å². The van der Waals surface area contributed by atoms with Crippen LogP contribution < -0.4 is 10.1 Å². The average molecular weight is 417 g/mol. The van der Waals surface area contributed by atoms with Gasteiger partial charge in [0.2, 0.25) is 11.8 Å². The minimum atomic E-state index is -4.41. The fourth-order valence-corrected chi connectivity index (χ4v) is 3.82. The van der Waals surface area contributed by atoms with E-state index in [0.29, 0.717) is 12.8 Å². The molecule has 4 rings (SSSR count). The van der Waals surface area contributed by atoms with Crippen molar-refractivity contribution >= 4 is 16.8 Å². The number of hydrogen-bond donors (Lipinski definition) is 1. The SMILES string of the molecule is O=C(Cn1ccc2ccccc21)NC1CCC(Oc2ccc(C(F)(F)F)cn2)CC1. The van der Waals surface area contributed by atoms with Crippen molar-refractivity contribution in [3.05, 3.63) is 60.4 Å². The lowest BCUT2D eigenvalue weighted by atomic mass is 9.93. The number of alkyl halides is 3. The number of benzene rings is 1. The zero-order valence-corrected chi connectivity index (χ0v) is 16.2. The number of halogens is 3. The predicted octanol–water partition coefficient (Wildman–Crippen LogP) is 4.56. The van der Waals surface area contributed by atoms with Crippen LogP contribution >= 0.6 is 0 Å². The molecule has 0 radical (unpaired) electrons. The number of carbonyl (C=O) groups is 1. The van der Waals surface area contributed by atoms with Crippen molar-refractivity contribution in [2.45, 2.75) is 50.6 Å². The third kappa shape index (κ3) is 4.75. The van der Waals surface area contributed by atoms with Crippen LogP contribution in [0.4, 0.5) is 13.2 Å². The fourth-order valence-electron chi connectivity index (χ4n) is 3.82. The highest BCUT2D eigenvalue weighted by Gasteiger charge is 2.31. The summed E-state index contributed by atoms with van der Waals surface area (Å²) >= 11 is 0. The summed E-state index contributed by atoms with van der Waals surface area (Å²) in [5, 5.41) is 4.17. The maximum absolute atomic E-state index is 12.6. The predicted molar refractivity (Wildman–Crippen MR) is 106 cm³/mol. The van der Waals surface area contributed by atoms with Gasteiger partial charge in [0, 0.05) is 30.0 Å². The molecule has 158 valence electrons. The first-order valence-electron chi connectivity index (χ1n) is 9.91. The monoisotopic (exact) mass is 417 g/mol. The van der Waals surface area contributed by atoms with Gasteiger partial charge in [-0.2, -0.15) is 13.2 Å². The van der Waals surface area contributed by atoms with Gasteiger partial charge in [-0.1, -0.05) is 18.2 Å². The normalized spacial score (nSPS) is 19.6. The highest BCUT2D eigenvalue weighted by atomic mass is 19.4. The van der Waals surface area contributed by atoms with Crippen LogP contribution in [0.5, 0.6) is 5.88 Å². The lowest BCUT2D eigenvalue weighted by Crippen LogP contribution is -2.41. The van der Waals surface area contributed by atoms with Crippen molar-refractivity contribution in [2.75, 3.05) is 0 Å². The van der Waals surface area contributed by atoms with Crippen molar-refractivity contribution < 1.29 is 22.7 Å². The van der Waals surface area contributed by atoms with E-state index in [1.54, 1.807) is 0 Å². The van der Waals surface area contributed by atoms with Gasteiger partial charge in [-0.3, -0.25) is 4.79 Å². The van der Waals surface area contributed by atoms with Gasteiger partial charge in [0.15, 0.2) is 0 Å². The Balaban J connectivity index is 1.25. The second-order valence-corrected chi connectivity index (χ2v) is 7.54. The number of amides is 1. The van der Waals surface area contributed by atoms with Crippen LogP contribution in [0.2, 0.25) is 0 Å². The van der Waals surface area contributed by atoms with Gasteiger partial charge in [-0.05, 0) is 49.3 Å². The molecule has 1 aliphatic rings. The van der Waals surface area contributed by atoms with Crippen LogP contribution in [-0.4, -0.2) is 27.6 Å². The maximum atomic E-state index is 12.6. The molecule has 0 aliphatic heterocycles. The zero-order chi connectivity index (χ0) is 21.1. The summed E-state index contributed by atoms with van der Waals surface area (Å²) in [6.45, 7) is 0.263. The molecule has 1 amide bonds. The van der Waals surface area contributed by atoms with Gasteiger partial charge >= 0.3 is 6.18 Å². The second-order valence-electron chi connectivity index (χ2n) is 7.54. The number of nitrogens with zero attached hydrogens (tertiary/aromatic N) is 2. The Kier molecular flexibility index (Phi) is 5.65. The molecule has 1 N–H and O–H groups in total. The molecule has 8 heteroatoms. The molecule has 0 saturated heterocycles. The lowest BCUT2D eigenvalue weighted by Gasteiger charge is -2.29. The molecule has 30 heavy (non-hydrogen) atoms. The number of aromatic nitrogens is 2. The Labute approximate surface area is 171 Å². The minimum Gasteiger partial charge on any atom is -0.474 e. The van der Waals surface area contributed by atoms with E-state index in [1.807, 2.05) is 41.1 Å². The van der Waals surface area contributed by atoms with Crippen molar-refractivity contribution in [1.82, 2.24) is 14.9 Å². The highest BCUT2D eigenvalue weighted by Crippen LogP contribution is 2.30. The summed E-state index contributed by atoms with van der Waals surface area (Å²) in [6, 6.07) is 12.2. The number of carbonyl (C=O) groups excluding carboxylic acids is 1. The zero-order valence-electron chi connectivity index (χ0n) is 16.2. The number of nitrogens with one attached hydrogen (secondary N) is 1. The summed E-state index contributed by atoms with van der Waals surface area (Å²) in [7, 11) is 0. The van der Waals surface area contributed by atoms with Crippen molar-refractivity contribution in [3.8, 4) is 5.88 Å². The molecular formula is C22H22F3N3O2. The van der Waals surface area contributed by atoms with Gasteiger partial charge in [-0.25, -0.2) is 4.98 Å². The molecule has 0 bridgehead atoms. The third-order valence-electron chi connectivity index (χ3n) is 5.38. The van der Waals surface area contributed by atoms with Gasteiger partial charge in [0.1, 0.15) is 12.6 Å². The van der Waals surface area contributed by atoms with E-state index in [2.05, 4.69) is 10.3 Å². The Bertz CT molecular complexity index is 1010. The standard InChI is InChI=1S/C22H22F3N3O2/c23-22(24,25)16-5-10-21(26-13-16)30-18-8-6-17(7-9-18)27-20(29)14-28-12-11-15-3-1-2-4-19(15)28/h1-5,10-13,17-18H,6-9,14H2,(H,27,29). The Morgan fingerprint density at radius 3 is 2.57 bits per heavy atom. The summed E-state index contributed by atoms with van der Waals surface area (Å²) in [5.41, 5.74) is 0.227. The highest BCUT2D eigenvalue weighted by molar-refractivity contribution is 5.83. The van der Waals surface area contributed by atoms with E-state index >= 15 is 0 Å². The summed E-state index contributed by atoms with van der Waals surface area (Å²) < 4.78 is 45.5. The fraction of sp³-hybridized carbons (Fsp3) is 0.364. The molecule has 2 aromatic heterocycles. The number of ether oxygens (including phenoxy) is 1. The molecule has 1 aliphatic carbocycles. The van der Waals surface area contributed by atoms with Crippen LogP contribution in [-0.2, 0) is 17.5 Å². The van der Waals surface area contributed by atoms with Gasteiger partial charge in [0.05, 0.1) is 5.56 Å². The number of hydrogen-bond acceptors (Lipinski definition) is 3. The maximum Gasteiger partial charge on any atom is 0.417 e. The average Bonchev–Trinajstić information content (AvgIpc) is 3.12. The summed E-state index contributed by atoms with van der Waals surface area (Å²) in [6.07, 6.45) is 1.09. The van der Waals surface area contributed by atoms with E-state index in [4.69, 9.17) is 4.74 Å². The quantitative estimate of drug-likeness (QED) is 0.662. The van der Waals surface area contributed by atoms with Crippen LogP contribution in [0.15, 0.2) is 54.9 Å². The molecule has 0 unspecified atom stereocenters. The third-order valence-corrected chi connectivity index (χ3v) is 5.38. The molecule has 3 aromatic rings. The lowest BCUT2D eigenvalue weighted by molar-refractivity contribution is -0.137. The molecular weight excluding hydrogens is 395 g/mol. The largest absolute Gasteiger partial charge is 0.474 e. The van der Waals surface area contributed by atoms with Crippen molar-refractivity contribution in [2.24, 2.45) is 0 Å². The van der Waals surface area contributed by atoms with Crippen LogP contribution in [0.25, 0.3) is 10.9 Å². The van der Waals surface area contributed by atoms with Crippen LogP contribution in [0.3, 0.4) is 0 Å². The molecule has 0 atom stereocenters. The second kappa shape index (κ2) is 8.38. The molecule has 1 saturated carbocycles. The minimum absolute atomic E-state index is 0.0369.